The van der Waals surface area contributed by atoms with Crippen LogP contribution in [0.4, 0.5) is 0 Å². The largest absolute Gasteiger partial charge is 0.380 e. The second-order valence-corrected chi connectivity index (χ2v) is 5.69. The molecular formula is C19H19NO. The number of benzene rings is 2. The van der Waals surface area contributed by atoms with E-state index in [-0.39, 0.29) is 11.7 Å². The van der Waals surface area contributed by atoms with Gasteiger partial charge in [0, 0.05) is 31.3 Å². The Morgan fingerprint density at radius 1 is 1.10 bits per heavy atom. The number of nitrogens with zero attached hydrogens (tertiary/aromatic N) is 1. The van der Waals surface area contributed by atoms with Gasteiger partial charge in [-0.15, -0.1) is 0 Å². The normalized spacial score (nSPS) is 17.1. The Bertz CT molecular complexity index is 768. The molecule has 2 aromatic rings. The highest BCUT2D eigenvalue weighted by atomic mass is 16.1. The maximum Gasteiger partial charge on any atom is 0.160 e. The van der Waals surface area contributed by atoms with Crippen LogP contribution >= 0.6 is 0 Å². The predicted molar refractivity (Wildman–Crippen MR) is 87.6 cm³/mol. The summed E-state index contributed by atoms with van der Waals surface area (Å²) in [6.45, 7) is 1.64. The minimum Gasteiger partial charge on any atom is -0.380 e. The molecule has 106 valence electrons. The molecule has 0 fully saturated rings. The average molecular weight is 277 g/mol. The van der Waals surface area contributed by atoms with Crippen molar-refractivity contribution in [1.82, 2.24) is 4.90 Å². The number of fused-ring (bicyclic) bond motifs is 1. The summed E-state index contributed by atoms with van der Waals surface area (Å²) in [6.07, 6.45) is 6.34. The first-order chi connectivity index (χ1) is 10.1. The van der Waals surface area contributed by atoms with E-state index in [1.165, 1.54) is 11.1 Å². The number of rotatable bonds is 3. The van der Waals surface area contributed by atoms with Gasteiger partial charge in [-0.2, -0.15) is 0 Å². The standard InChI is InChI=1S/C19H19NO/c1-13(21)17-11-14-7-4-5-8-15(14)12-18(17)16-9-6-10-19(16)20(2)3/h4-12,16H,1-3H3. The molecule has 0 saturated carbocycles. The van der Waals surface area contributed by atoms with Crippen LogP contribution in [0.5, 0.6) is 0 Å². The summed E-state index contributed by atoms with van der Waals surface area (Å²) in [7, 11) is 4.08. The van der Waals surface area contributed by atoms with Gasteiger partial charge in [-0.1, -0.05) is 36.4 Å². The second kappa shape index (κ2) is 5.21. The second-order valence-electron chi connectivity index (χ2n) is 5.69. The van der Waals surface area contributed by atoms with Gasteiger partial charge in [0.1, 0.15) is 0 Å². The van der Waals surface area contributed by atoms with E-state index in [0.29, 0.717) is 0 Å². The van der Waals surface area contributed by atoms with Gasteiger partial charge in [0.05, 0.1) is 0 Å². The quantitative estimate of drug-likeness (QED) is 0.786. The molecule has 2 aromatic carbocycles. The van der Waals surface area contributed by atoms with E-state index < -0.39 is 0 Å². The molecule has 0 saturated heterocycles. The Hall–Kier alpha value is -2.35. The Labute approximate surface area is 125 Å². The lowest BCUT2D eigenvalue weighted by Crippen LogP contribution is -2.17. The number of ketones is 1. The van der Waals surface area contributed by atoms with Crippen molar-refractivity contribution in [2.75, 3.05) is 14.1 Å². The van der Waals surface area contributed by atoms with Gasteiger partial charge in [-0.25, -0.2) is 0 Å². The molecule has 1 aliphatic rings. The zero-order chi connectivity index (χ0) is 15.0. The van der Waals surface area contributed by atoms with Crippen molar-refractivity contribution in [3.05, 3.63) is 71.5 Å². The highest BCUT2D eigenvalue weighted by Crippen LogP contribution is 2.35. The van der Waals surface area contributed by atoms with Crippen LogP contribution in [0.3, 0.4) is 0 Å². The van der Waals surface area contributed by atoms with E-state index in [1.807, 2.05) is 32.3 Å². The van der Waals surface area contributed by atoms with Crippen molar-refractivity contribution in [3.63, 3.8) is 0 Å². The molecule has 0 amide bonds. The van der Waals surface area contributed by atoms with E-state index in [0.717, 1.165) is 16.5 Å². The van der Waals surface area contributed by atoms with Crippen LogP contribution in [0.15, 0.2) is 60.3 Å². The van der Waals surface area contributed by atoms with Crippen LogP contribution in [-0.2, 0) is 0 Å². The first-order valence-electron chi connectivity index (χ1n) is 7.17. The van der Waals surface area contributed by atoms with Crippen LogP contribution in [0, 0.1) is 0 Å². The zero-order valence-electron chi connectivity index (χ0n) is 12.6. The van der Waals surface area contributed by atoms with Crippen LogP contribution in [0.25, 0.3) is 10.8 Å². The molecule has 1 atom stereocenters. The lowest BCUT2D eigenvalue weighted by Gasteiger charge is -2.23. The van der Waals surface area contributed by atoms with Gasteiger partial charge in [-0.05, 0) is 41.5 Å². The fourth-order valence-corrected chi connectivity index (χ4v) is 2.98. The molecule has 2 nitrogen and oxygen atoms in total. The van der Waals surface area contributed by atoms with E-state index in [4.69, 9.17) is 0 Å². The number of hydrogen-bond acceptors (Lipinski definition) is 2. The van der Waals surface area contributed by atoms with Crippen LogP contribution in [0.2, 0.25) is 0 Å². The Morgan fingerprint density at radius 3 is 2.38 bits per heavy atom. The topological polar surface area (TPSA) is 20.3 Å². The van der Waals surface area contributed by atoms with Crippen molar-refractivity contribution in [2.24, 2.45) is 0 Å². The van der Waals surface area contributed by atoms with Crippen molar-refractivity contribution >= 4 is 16.6 Å². The third-order valence-corrected chi connectivity index (χ3v) is 4.04. The van der Waals surface area contributed by atoms with Gasteiger partial charge in [0.2, 0.25) is 0 Å². The van der Waals surface area contributed by atoms with E-state index in [2.05, 4.69) is 41.3 Å². The fourth-order valence-electron chi connectivity index (χ4n) is 2.98. The summed E-state index contributed by atoms with van der Waals surface area (Å²) in [4.78, 5) is 14.2. The van der Waals surface area contributed by atoms with Gasteiger partial charge >= 0.3 is 0 Å². The lowest BCUT2D eigenvalue weighted by atomic mass is 9.89. The van der Waals surface area contributed by atoms with Crippen LogP contribution in [0.1, 0.15) is 28.8 Å². The first-order valence-corrected chi connectivity index (χ1v) is 7.17. The van der Waals surface area contributed by atoms with Gasteiger partial charge in [0.25, 0.3) is 0 Å². The maximum atomic E-state index is 12.1. The predicted octanol–water partition coefficient (Wildman–Crippen LogP) is 4.14. The van der Waals surface area contributed by atoms with Crippen molar-refractivity contribution in [3.8, 4) is 0 Å². The summed E-state index contributed by atoms with van der Waals surface area (Å²) >= 11 is 0. The monoisotopic (exact) mass is 277 g/mol. The molecule has 2 heteroatoms. The molecule has 1 unspecified atom stereocenters. The molecule has 0 aliphatic heterocycles. The molecule has 21 heavy (non-hydrogen) atoms. The summed E-state index contributed by atoms with van der Waals surface area (Å²) in [5, 5.41) is 2.29. The molecule has 1 aliphatic carbocycles. The Balaban J connectivity index is 2.21. The van der Waals surface area contributed by atoms with Crippen LogP contribution < -0.4 is 0 Å². The average Bonchev–Trinajstić information content (AvgIpc) is 2.95. The third kappa shape index (κ3) is 2.38. The molecular weight excluding hydrogens is 258 g/mol. The number of carbonyl (C=O) groups excluding carboxylic acids is 1. The Kier molecular flexibility index (Phi) is 3.38. The third-order valence-electron chi connectivity index (χ3n) is 4.04. The molecule has 0 aromatic heterocycles. The van der Waals surface area contributed by atoms with Gasteiger partial charge < -0.3 is 4.90 Å². The summed E-state index contributed by atoms with van der Waals surface area (Å²) < 4.78 is 0. The Morgan fingerprint density at radius 2 is 1.76 bits per heavy atom. The number of Topliss-reactive ketones (excluding diaryl/α,β-unsaturated/α-hetero) is 1. The molecule has 0 heterocycles. The van der Waals surface area contributed by atoms with Crippen molar-refractivity contribution in [2.45, 2.75) is 12.8 Å². The molecule has 0 bridgehead atoms. The first kappa shape index (κ1) is 13.6. The smallest absolute Gasteiger partial charge is 0.160 e. The zero-order valence-corrected chi connectivity index (χ0v) is 12.6. The minimum atomic E-state index is 0.120. The van der Waals surface area contributed by atoms with E-state index in [1.54, 1.807) is 6.92 Å². The molecule has 0 spiro atoms. The highest BCUT2D eigenvalue weighted by molar-refractivity contribution is 6.00. The van der Waals surface area contributed by atoms with Crippen LogP contribution in [-0.4, -0.2) is 24.8 Å². The number of carbonyl (C=O) groups is 1. The maximum absolute atomic E-state index is 12.1. The fraction of sp³-hybridized carbons (Fsp3) is 0.211. The number of allylic oxidation sites excluding steroid dienone is 3. The van der Waals surface area contributed by atoms with Gasteiger partial charge in [0.15, 0.2) is 5.78 Å². The summed E-state index contributed by atoms with van der Waals surface area (Å²) in [5.74, 6) is 0.276. The minimum absolute atomic E-state index is 0.120. The number of likely N-dealkylation sites (N-methyl/N-ethyl adjacent to an activating group) is 1. The van der Waals surface area contributed by atoms with E-state index >= 15 is 0 Å². The van der Waals surface area contributed by atoms with Gasteiger partial charge in [-0.3, -0.25) is 4.79 Å². The summed E-state index contributed by atoms with van der Waals surface area (Å²) in [5.41, 5.74) is 3.13. The molecule has 0 radical (unpaired) electrons. The molecule has 3 rings (SSSR count). The van der Waals surface area contributed by atoms with Crippen molar-refractivity contribution in [1.29, 1.82) is 0 Å². The summed E-state index contributed by atoms with van der Waals surface area (Å²) in [6, 6.07) is 12.4. The van der Waals surface area contributed by atoms with Crippen molar-refractivity contribution < 1.29 is 4.79 Å². The lowest BCUT2D eigenvalue weighted by molar-refractivity contribution is 0.101. The SMILES string of the molecule is CC(=O)c1cc2ccccc2cc1C1C=CC=C1N(C)C. The molecule has 0 N–H and O–H groups in total. The highest BCUT2D eigenvalue weighted by Gasteiger charge is 2.23. The van der Waals surface area contributed by atoms with E-state index in [9.17, 15) is 4.79 Å². The number of hydrogen-bond donors (Lipinski definition) is 0.